The third-order valence-corrected chi connectivity index (χ3v) is 5.07. The standard InChI is InChI=1S/C17H17BrN4O2/c18-13-7-19-22(9-13)15-10-20(11-15)17(24)12-6-16(23)21(8-12)14-4-2-1-3-5-14/h1-5,7,9,12,15H,6,8,10-11H2. The van der Waals surface area contributed by atoms with Crippen LogP contribution < -0.4 is 4.90 Å². The van der Waals surface area contributed by atoms with Crippen molar-refractivity contribution in [2.24, 2.45) is 5.92 Å². The summed E-state index contributed by atoms with van der Waals surface area (Å²) < 4.78 is 2.82. The third kappa shape index (κ3) is 2.73. The molecular weight excluding hydrogens is 372 g/mol. The second-order valence-electron chi connectivity index (χ2n) is 6.28. The first-order chi connectivity index (χ1) is 11.6. The van der Waals surface area contributed by atoms with E-state index in [0.717, 1.165) is 10.2 Å². The van der Waals surface area contributed by atoms with Gasteiger partial charge in [0.25, 0.3) is 0 Å². The molecule has 0 aliphatic carbocycles. The number of carbonyl (C=O) groups excluding carboxylic acids is 2. The van der Waals surface area contributed by atoms with Gasteiger partial charge in [-0.15, -0.1) is 0 Å². The molecule has 0 bridgehead atoms. The molecule has 7 heteroatoms. The summed E-state index contributed by atoms with van der Waals surface area (Å²) in [4.78, 5) is 28.4. The Morgan fingerprint density at radius 1 is 1.17 bits per heavy atom. The predicted octanol–water partition coefficient (Wildman–Crippen LogP) is 2.08. The van der Waals surface area contributed by atoms with Gasteiger partial charge in [-0.25, -0.2) is 0 Å². The van der Waals surface area contributed by atoms with Gasteiger partial charge in [-0.1, -0.05) is 18.2 Å². The quantitative estimate of drug-likeness (QED) is 0.808. The first-order valence-electron chi connectivity index (χ1n) is 7.95. The highest BCUT2D eigenvalue weighted by molar-refractivity contribution is 9.10. The van der Waals surface area contributed by atoms with Crippen LogP contribution in [-0.4, -0.2) is 46.1 Å². The van der Waals surface area contributed by atoms with Gasteiger partial charge in [0.15, 0.2) is 0 Å². The van der Waals surface area contributed by atoms with E-state index in [-0.39, 0.29) is 23.8 Å². The average Bonchev–Trinajstić information content (AvgIpc) is 3.13. The highest BCUT2D eigenvalue weighted by atomic mass is 79.9. The number of anilines is 1. The number of para-hydroxylation sites is 1. The monoisotopic (exact) mass is 388 g/mol. The fourth-order valence-electron chi connectivity index (χ4n) is 3.31. The second-order valence-corrected chi connectivity index (χ2v) is 7.19. The van der Waals surface area contributed by atoms with E-state index in [4.69, 9.17) is 0 Å². The summed E-state index contributed by atoms with van der Waals surface area (Å²) in [6, 6.07) is 9.75. The molecule has 2 aromatic rings. The minimum absolute atomic E-state index is 0.0210. The van der Waals surface area contributed by atoms with Gasteiger partial charge in [-0.2, -0.15) is 5.10 Å². The number of hydrogen-bond acceptors (Lipinski definition) is 3. The highest BCUT2D eigenvalue weighted by Gasteiger charge is 2.41. The molecule has 6 nitrogen and oxygen atoms in total. The number of likely N-dealkylation sites (tertiary alicyclic amines) is 1. The number of rotatable bonds is 3. The largest absolute Gasteiger partial charge is 0.338 e. The first kappa shape index (κ1) is 15.4. The maximum atomic E-state index is 12.6. The lowest BCUT2D eigenvalue weighted by Gasteiger charge is -2.40. The van der Waals surface area contributed by atoms with Gasteiger partial charge in [-0.3, -0.25) is 14.3 Å². The lowest BCUT2D eigenvalue weighted by Crippen LogP contribution is -2.53. The number of aromatic nitrogens is 2. The molecule has 4 rings (SSSR count). The summed E-state index contributed by atoms with van der Waals surface area (Å²) in [5.74, 6) is -0.153. The zero-order chi connectivity index (χ0) is 16.7. The number of carbonyl (C=O) groups is 2. The maximum Gasteiger partial charge on any atom is 0.228 e. The Hall–Kier alpha value is -2.15. The van der Waals surface area contributed by atoms with Crippen molar-refractivity contribution in [3.8, 4) is 0 Å². The van der Waals surface area contributed by atoms with Gasteiger partial charge in [0.2, 0.25) is 11.8 Å². The molecule has 2 fully saturated rings. The molecule has 2 aliphatic heterocycles. The normalized spacial score (nSPS) is 21.2. The Kier molecular flexibility index (Phi) is 3.88. The van der Waals surface area contributed by atoms with E-state index >= 15 is 0 Å². The third-order valence-electron chi connectivity index (χ3n) is 4.66. The summed E-state index contributed by atoms with van der Waals surface area (Å²) in [5, 5.41) is 4.26. The summed E-state index contributed by atoms with van der Waals surface area (Å²) in [6.45, 7) is 1.78. The van der Waals surface area contributed by atoms with Crippen LogP contribution in [0.15, 0.2) is 47.2 Å². The number of amides is 2. The molecule has 2 saturated heterocycles. The van der Waals surface area contributed by atoms with Crippen LogP contribution in [0.3, 0.4) is 0 Å². The minimum Gasteiger partial charge on any atom is -0.338 e. The van der Waals surface area contributed by atoms with Gasteiger partial charge in [0.05, 0.1) is 22.6 Å². The SMILES string of the molecule is O=C(C1CC(=O)N(c2ccccc2)C1)N1CC(n2cc(Br)cn2)C1. The maximum absolute atomic E-state index is 12.6. The minimum atomic E-state index is -0.247. The molecule has 0 saturated carbocycles. The van der Waals surface area contributed by atoms with Crippen molar-refractivity contribution in [3.63, 3.8) is 0 Å². The Morgan fingerprint density at radius 3 is 2.58 bits per heavy atom. The van der Waals surface area contributed by atoms with Gasteiger partial charge in [-0.05, 0) is 28.1 Å². The van der Waals surface area contributed by atoms with E-state index in [1.165, 1.54) is 0 Å². The molecule has 1 aromatic carbocycles. The number of hydrogen-bond donors (Lipinski definition) is 0. The number of halogens is 1. The lowest BCUT2D eigenvalue weighted by atomic mass is 10.0. The summed E-state index contributed by atoms with van der Waals surface area (Å²) in [5.41, 5.74) is 0.862. The molecule has 2 aliphatic rings. The molecule has 24 heavy (non-hydrogen) atoms. The van der Waals surface area contributed by atoms with Crippen LogP contribution in [0.4, 0.5) is 5.69 Å². The molecule has 0 spiro atoms. The summed E-state index contributed by atoms with van der Waals surface area (Å²) >= 11 is 3.38. The van der Waals surface area contributed by atoms with Crippen molar-refractivity contribution in [1.29, 1.82) is 0 Å². The average molecular weight is 389 g/mol. The molecule has 1 aromatic heterocycles. The molecular formula is C17H17BrN4O2. The zero-order valence-corrected chi connectivity index (χ0v) is 14.6. The molecule has 3 heterocycles. The van der Waals surface area contributed by atoms with E-state index in [0.29, 0.717) is 26.1 Å². The Morgan fingerprint density at radius 2 is 1.92 bits per heavy atom. The first-order valence-corrected chi connectivity index (χ1v) is 8.75. The molecule has 1 unspecified atom stereocenters. The topological polar surface area (TPSA) is 58.4 Å². The van der Waals surface area contributed by atoms with Crippen molar-refractivity contribution < 1.29 is 9.59 Å². The van der Waals surface area contributed by atoms with E-state index in [1.807, 2.05) is 46.1 Å². The van der Waals surface area contributed by atoms with E-state index in [1.54, 1.807) is 11.1 Å². The van der Waals surface area contributed by atoms with E-state index in [9.17, 15) is 9.59 Å². The fourth-order valence-corrected chi connectivity index (χ4v) is 3.61. The van der Waals surface area contributed by atoms with Crippen LogP contribution in [0.5, 0.6) is 0 Å². The van der Waals surface area contributed by atoms with Crippen LogP contribution in [0, 0.1) is 5.92 Å². The van der Waals surface area contributed by atoms with E-state index in [2.05, 4.69) is 21.0 Å². The zero-order valence-electron chi connectivity index (χ0n) is 13.0. The van der Waals surface area contributed by atoms with Gasteiger partial charge >= 0.3 is 0 Å². The van der Waals surface area contributed by atoms with Crippen molar-refractivity contribution in [2.75, 3.05) is 24.5 Å². The predicted molar refractivity (Wildman–Crippen MR) is 92.4 cm³/mol. The van der Waals surface area contributed by atoms with Crippen LogP contribution >= 0.6 is 15.9 Å². The van der Waals surface area contributed by atoms with Crippen LogP contribution in [0.1, 0.15) is 12.5 Å². The Balaban J connectivity index is 1.37. The summed E-state index contributed by atoms with van der Waals surface area (Å²) in [6.07, 6.45) is 3.96. The highest BCUT2D eigenvalue weighted by Crippen LogP contribution is 2.29. The Bertz CT molecular complexity index is 770. The van der Waals surface area contributed by atoms with Gasteiger partial charge in [0, 0.05) is 37.9 Å². The van der Waals surface area contributed by atoms with Crippen LogP contribution in [0.2, 0.25) is 0 Å². The van der Waals surface area contributed by atoms with Crippen molar-refractivity contribution in [1.82, 2.24) is 14.7 Å². The van der Waals surface area contributed by atoms with Gasteiger partial charge in [0.1, 0.15) is 0 Å². The second kappa shape index (κ2) is 6.05. The molecule has 0 radical (unpaired) electrons. The smallest absolute Gasteiger partial charge is 0.228 e. The molecule has 0 N–H and O–H groups in total. The molecule has 124 valence electrons. The van der Waals surface area contributed by atoms with Crippen molar-refractivity contribution >= 4 is 33.4 Å². The lowest BCUT2D eigenvalue weighted by molar-refractivity contribution is -0.141. The molecule has 2 amide bonds. The van der Waals surface area contributed by atoms with Crippen molar-refractivity contribution in [2.45, 2.75) is 12.5 Å². The van der Waals surface area contributed by atoms with Crippen LogP contribution in [-0.2, 0) is 9.59 Å². The molecule has 1 atom stereocenters. The van der Waals surface area contributed by atoms with Crippen molar-refractivity contribution in [3.05, 3.63) is 47.2 Å². The van der Waals surface area contributed by atoms with Crippen LogP contribution in [0.25, 0.3) is 0 Å². The summed E-state index contributed by atoms with van der Waals surface area (Å²) in [7, 11) is 0. The fraction of sp³-hybridized carbons (Fsp3) is 0.353. The van der Waals surface area contributed by atoms with Gasteiger partial charge < -0.3 is 9.80 Å². The number of nitrogens with zero attached hydrogens (tertiary/aromatic N) is 4. The number of benzene rings is 1. The van der Waals surface area contributed by atoms with E-state index < -0.39 is 0 Å². The Labute approximate surface area is 148 Å².